The van der Waals surface area contributed by atoms with E-state index in [0.717, 1.165) is 34.6 Å². The lowest BCUT2D eigenvalue weighted by atomic mass is 10.1. The molecule has 0 spiro atoms. The highest BCUT2D eigenvalue weighted by molar-refractivity contribution is 5.73. The van der Waals surface area contributed by atoms with Crippen LogP contribution in [0.4, 0.5) is 0 Å². The lowest BCUT2D eigenvalue weighted by molar-refractivity contribution is 0.410. The van der Waals surface area contributed by atoms with Crippen LogP contribution in [0.5, 0.6) is 5.75 Å². The van der Waals surface area contributed by atoms with Gasteiger partial charge in [-0.25, -0.2) is 4.98 Å². The second kappa shape index (κ2) is 4.49. The number of nitrogens with one attached hydrogen (secondary N) is 1. The van der Waals surface area contributed by atoms with Crippen molar-refractivity contribution in [3.05, 3.63) is 54.1 Å². The Kier molecular flexibility index (Phi) is 2.68. The number of H-pyrrole nitrogens is 1. The van der Waals surface area contributed by atoms with Crippen molar-refractivity contribution in [2.45, 2.75) is 6.42 Å². The Morgan fingerprint density at radius 2 is 2.11 bits per heavy atom. The third-order valence-electron chi connectivity index (χ3n) is 2.88. The number of methoxy groups -OCH3 is 1. The normalized spacial score (nSPS) is 10.7. The number of hydrogen-bond donors (Lipinski definition) is 1. The zero-order valence-electron chi connectivity index (χ0n) is 10.1. The Morgan fingerprint density at radius 3 is 2.94 bits per heavy atom. The molecule has 0 radical (unpaired) electrons. The number of aromatic amines is 1. The SMILES string of the molecule is COc1ccccc1Cc1nc2ccncc2[nH]1. The van der Waals surface area contributed by atoms with Crippen molar-refractivity contribution in [2.24, 2.45) is 0 Å². The van der Waals surface area contributed by atoms with Crippen LogP contribution in [-0.4, -0.2) is 22.1 Å². The Morgan fingerprint density at radius 1 is 1.22 bits per heavy atom. The van der Waals surface area contributed by atoms with Crippen LogP contribution in [0.15, 0.2) is 42.7 Å². The molecular weight excluding hydrogens is 226 g/mol. The summed E-state index contributed by atoms with van der Waals surface area (Å²) >= 11 is 0. The van der Waals surface area contributed by atoms with E-state index in [9.17, 15) is 0 Å². The van der Waals surface area contributed by atoms with Gasteiger partial charge in [0.15, 0.2) is 0 Å². The Bertz CT molecular complexity index is 642. The van der Waals surface area contributed by atoms with Crippen LogP contribution in [-0.2, 0) is 6.42 Å². The number of imidazole rings is 1. The van der Waals surface area contributed by atoms with Crippen LogP contribution in [0.3, 0.4) is 0 Å². The maximum Gasteiger partial charge on any atom is 0.122 e. The highest BCUT2D eigenvalue weighted by Gasteiger charge is 2.07. The molecule has 1 aromatic carbocycles. The van der Waals surface area contributed by atoms with Gasteiger partial charge in [0.1, 0.15) is 11.6 Å². The van der Waals surface area contributed by atoms with E-state index in [1.165, 1.54) is 0 Å². The predicted octanol–water partition coefficient (Wildman–Crippen LogP) is 2.56. The number of ether oxygens (including phenoxy) is 1. The monoisotopic (exact) mass is 239 g/mol. The zero-order chi connectivity index (χ0) is 12.4. The van der Waals surface area contributed by atoms with Gasteiger partial charge in [0.05, 0.1) is 24.3 Å². The van der Waals surface area contributed by atoms with Crippen molar-refractivity contribution < 1.29 is 4.74 Å². The van der Waals surface area contributed by atoms with Gasteiger partial charge in [-0.15, -0.1) is 0 Å². The van der Waals surface area contributed by atoms with Crippen LogP contribution in [0.25, 0.3) is 11.0 Å². The van der Waals surface area contributed by atoms with E-state index in [-0.39, 0.29) is 0 Å². The summed E-state index contributed by atoms with van der Waals surface area (Å²) in [6, 6.07) is 9.87. The third kappa shape index (κ3) is 1.93. The first-order chi connectivity index (χ1) is 8.86. The molecule has 90 valence electrons. The molecule has 0 aliphatic heterocycles. The molecule has 0 bridgehead atoms. The minimum absolute atomic E-state index is 0.721. The molecule has 2 heterocycles. The highest BCUT2D eigenvalue weighted by Crippen LogP contribution is 2.20. The average Bonchev–Trinajstić information content (AvgIpc) is 2.81. The van der Waals surface area contributed by atoms with Gasteiger partial charge in [-0.05, 0) is 12.1 Å². The van der Waals surface area contributed by atoms with Gasteiger partial charge in [-0.2, -0.15) is 0 Å². The number of nitrogens with zero attached hydrogens (tertiary/aromatic N) is 2. The number of fused-ring (bicyclic) bond motifs is 1. The molecule has 0 saturated carbocycles. The van der Waals surface area contributed by atoms with Crippen LogP contribution in [0, 0.1) is 0 Å². The van der Waals surface area contributed by atoms with Crippen molar-refractivity contribution in [2.75, 3.05) is 7.11 Å². The van der Waals surface area contributed by atoms with Gasteiger partial charge < -0.3 is 9.72 Å². The third-order valence-corrected chi connectivity index (χ3v) is 2.88. The van der Waals surface area contributed by atoms with Crippen molar-refractivity contribution in [3.8, 4) is 5.75 Å². The average molecular weight is 239 g/mol. The van der Waals surface area contributed by atoms with E-state index in [1.807, 2.05) is 30.3 Å². The first-order valence-electron chi connectivity index (χ1n) is 5.77. The standard InChI is InChI=1S/C14H13N3O/c1-18-13-5-3-2-4-10(13)8-14-16-11-6-7-15-9-12(11)17-14/h2-7,9H,8H2,1H3,(H,16,17). The smallest absolute Gasteiger partial charge is 0.122 e. The summed E-state index contributed by atoms with van der Waals surface area (Å²) in [7, 11) is 1.68. The first-order valence-corrected chi connectivity index (χ1v) is 5.77. The summed E-state index contributed by atoms with van der Waals surface area (Å²) < 4.78 is 5.34. The minimum atomic E-state index is 0.721. The molecule has 1 N–H and O–H groups in total. The van der Waals surface area contributed by atoms with E-state index in [4.69, 9.17) is 4.74 Å². The Balaban J connectivity index is 1.96. The van der Waals surface area contributed by atoms with E-state index in [1.54, 1.807) is 19.5 Å². The number of aromatic nitrogens is 3. The van der Waals surface area contributed by atoms with Gasteiger partial charge in [-0.3, -0.25) is 4.98 Å². The van der Waals surface area contributed by atoms with Crippen LogP contribution < -0.4 is 4.74 Å². The van der Waals surface area contributed by atoms with E-state index < -0.39 is 0 Å². The summed E-state index contributed by atoms with van der Waals surface area (Å²) in [4.78, 5) is 11.9. The fourth-order valence-electron chi connectivity index (χ4n) is 2.02. The molecule has 0 fully saturated rings. The predicted molar refractivity (Wildman–Crippen MR) is 69.7 cm³/mol. The van der Waals surface area contributed by atoms with E-state index in [2.05, 4.69) is 15.0 Å². The molecule has 3 aromatic rings. The fourth-order valence-corrected chi connectivity index (χ4v) is 2.02. The molecular formula is C14H13N3O. The number of benzene rings is 1. The molecule has 2 aromatic heterocycles. The molecule has 18 heavy (non-hydrogen) atoms. The van der Waals surface area contributed by atoms with Crippen molar-refractivity contribution in [1.29, 1.82) is 0 Å². The molecule has 0 aliphatic carbocycles. The number of pyridine rings is 1. The number of hydrogen-bond acceptors (Lipinski definition) is 3. The van der Waals surface area contributed by atoms with E-state index >= 15 is 0 Å². The molecule has 3 rings (SSSR count). The highest BCUT2D eigenvalue weighted by atomic mass is 16.5. The maximum atomic E-state index is 5.34. The largest absolute Gasteiger partial charge is 0.496 e. The van der Waals surface area contributed by atoms with Crippen molar-refractivity contribution in [3.63, 3.8) is 0 Å². The second-order valence-electron chi connectivity index (χ2n) is 4.06. The van der Waals surface area contributed by atoms with Gasteiger partial charge >= 0.3 is 0 Å². The molecule has 0 saturated heterocycles. The Hall–Kier alpha value is -2.36. The van der Waals surface area contributed by atoms with Crippen molar-refractivity contribution >= 4 is 11.0 Å². The first kappa shape index (κ1) is 10.8. The number of para-hydroxylation sites is 1. The summed E-state index contributed by atoms with van der Waals surface area (Å²) in [6.07, 6.45) is 4.25. The summed E-state index contributed by atoms with van der Waals surface area (Å²) in [6.45, 7) is 0. The second-order valence-corrected chi connectivity index (χ2v) is 4.06. The Labute approximate surface area is 105 Å². The van der Waals surface area contributed by atoms with Gasteiger partial charge in [0.2, 0.25) is 0 Å². The lowest BCUT2D eigenvalue weighted by Gasteiger charge is -2.05. The molecule has 0 atom stereocenters. The lowest BCUT2D eigenvalue weighted by Crippen LogP contribution is -1.94. The van der Waals surface area contributed by atoms with Gasteiger partial charge in [-0.1, -0.05) is 18.2 Å². The number of rotatable bonds is 3. The van der Waals surface area contributed by atoms with Crippen molar-refractivity contribution in [1.82, 2.24) is 15.0 Å². The molecule has 4 heteroatoms. The topological polar surface area (TPSA) is 50.8 Å². The zero-order valence-corrected chi connectivity index (χ0v) is 10.1. The quantitative estimate of drug-likeness (QED) is 0.764. The molecule has 0 amide bonds. The summed E-state index contributed by atoms with van der Waals surface area (Å²) in [5, 5.41) is 0. The van der Waals surface area contributed by atoms with Crippen LogP contribution in [0.2, 0.25) is 0 Å². The summed E-state index contributed by atoms with van der Waals surface area (Å²) in [5.41, 5.74) is 3.02. The molecule has 0 unspecified atom stereocenters. The minimum Gasteiger partial charge on any atom is -0.496 e. The van der Waals surface area contributed by atoms with Crippen LogP contribution >= 0.6 is 0 Å². The fraction of sp³-hybridized carbons (Fsp3) is 0.143. The van der Waals surface area contributed by atoms with Gasteiger partial charge in [0, 0.05) is 18.2 Å². The molecule has 0 aliphatic rings. The van der Waals surface area contributed by atoms with Crippen LogP contribution in [0.1, 0.15) is 11.4 Å². The van der Waals surface area contributed by atoms with Gasteiger partial charge in [0.25, 0.3) is 0 Å². The molecule has 4 nitrogen and oxygen atoms in total. The summed E-state index contributed by atoms with van der Waals surface area (Å²) in [5.74, 6) is 1.80. The maximum absolute atomic E-state index is 5.34. The van der Waals surface area contributed by atoms with E-state index in [0.29, 0.717) is 0 Å².